The Bertz CT molecular complexity index is 596. The van der Waals surface area contributed by atoms with Crippen LogP contribution in [0, 0.1) is 0 Å². The second-order valence-corrected chi connectivity index (χ2v) is 9.56. The van der Waals surface area contributed by atoms with Crippen LogP contribution in [0.15, 0.2) is 12.1 Å². The molecule has 0 spiro atoms. The van der Waals surface area contributed by atoms with Crippen LogP contribution in [-0.2, 0) is 11.2 Å². The molecule has 1 aromatic carbocycles. The van der Waals surface area contributed by atoms with E-state index in [1.54, 1.807) is 0 Å². The minimum absolute atomic E-state index is 0.385. The number of benzene rings is 1. The molecule has 144 valence electrons. The molecule has 0 aromatic heterocycles. The van der Waals surface area contributed by atoms with Gasteiger partial charge in [0.05, 0.1) is 19.3 Å². The topological polar surface area (TPSA) is 33.7 Å². The lowest BCUT2D eigenvalue weighted by atomic mass is 9.96. The Kier molecular flexibility index (Phi) is 6.46. The Labute approximate surface area is 171 Å². The molecule has 1 aromatic rings. The monoisotopic (exact) mass is 470 g/mol. The van der Waals surface area contributed by atoms with Gasteiger partial charge in [0.25, 0.3) is 0 Å². The molecule has 3 aliphatic rings. The molecule has 2 heterocycles. The third kappa shape index (κ3) is 4.58. The first kappa shape index (κ1) is 18.7. The summed E-state index contributed by atoms with van der Waals surface area (Å²) in [6, 6.07) is 4.66. The summed E-state index contributed by atoms with van der Waals surface area (Å²) < 4.78 is 13.0. The highest BCUT2D eigenvalue weighted by atomic mass is 127. The zero-order valence-electron chi connectivity index (χ0n) is 15.6. The van der Waals surface area contributed by atoms with Gasteiger partial charge in [-0.2, -0.15) is 0 Å². The maximum Gasteiger partial charge on any atom is 0.127 e. The molecular formula is C21H31IN2O2. The fourth-order valence-electron chi connectivity index (χ4n) is 4.30. The molecule has 26 heavy (non-hydrogen) atoms. The van der Waals surface area contributed by atoms with Gasteiger partial charge in [0.15, 0.2) is 0 Å². The van der Waals surface area contributed by atoms with E-state index < -0.39 is 0 Å². The quantitative estimate of drug-likeness (QED) is 0.509. The molecule has 1 saturated carbocycles. The van der Waals surface area contributed by atoms with E-state index in [9.17, 15) is 0 Å². The Hall–Kier alpha value is -0.690. The van der Waals surface area contributed by atoms with E-state index in [4.69, 9.17) is 9.47 Å². The van der Waals surface area contributed by atoms with Gasteiger partial charge in [-0.25, -0.2) is 0 Å². The Balaban J connectivity index is 1.61. The normalized spacial score (nSPS) is 27.0. The molecule has 0 amide bonds. The molecule has 0 atom stereocenters. The Morgan fingerprint density at radius 1 is 1.04 bits per heavy atom. The summed E-state index contributed by atoms with van der Waals surface area (Å²) in [5.74, 6) is 1.13. The van der Waals surface area contributed by atoms with Crippen molar-refractivity contribution in [2.75, 3.05) is 43.1 Å². The minimum atomic E-state index is 0.385. The summed E-state index contributed by atoms with van der Waals surface area (Å²) in [5.41, 5.74) is 3.99. The number of hydrogen-bond donors (Lipinski definition) is 1. The number of halogens is 1. The predicted molar refractivity (Wildman–Crippen MR) is 116 cm³/mol. The summed E-state index contributed by atoms with van der Waals surface area (Å²) in [6.45, 7) is 4.65. The predicted octanol–water partition coefficient (Wildman–Crippen LogP) is 4.79. The minimum Gasteiger partial charge on any atom is -0.490 e. The van der Waals surface area contributed by atoms with Gasteiger partial charge in [0.1, 0.15) is 5.75 Å². The first-order valence-electron chi connectivity index (χ1n) is 10.3. The van der Waals surface area contributed by atoms with Crippen LogP contribution < -0.4 is 15.0 Å². The van der Waals surface area contributed by atoms with Gasteiger partial charge in [-0.1, -0.05) is 29.0 Å². The van der Waals surface area contributed by atoms with E-state index in [0.29, 0.717) is 6.10 Å². The zero-order chi connectivity index (χ0) is 17.8. The smallest absolute Gasteiger partial charge is 0.127 e. The number of ether oxygens (including phenoxy) is 2. The molecule has 4 rings (SSSR count). The van der Waals surface area contributed by atoms with Crippen LogP contribution in [-0.4, -0.2) is 42.9 Å². The number of anilines is 2. The van der Waals surface area contributed by atoms with E-state index >= 15 is 0 Å². The van der Waals surface area contributed by atoms with Crippen molar-refractivity contribution in [3.63, 3.8) is 0 Å². The van der Waals surface area contributed by atoms with Gasteiger partial charge in [-0.15, -0.1) is 0 Å². The molecule has 4 nitrogen and oxygen atoms in total. The van der Waals surface area contributed by atoms with Crippen LogP contribution in [0.5, 0.6) is 5.75 Å². The summed E-state index contributed by atoms with van der Waals surface area (Å²) in [5, 5.41) is 3.69. The number of hydrogen-bond acceptors (Lipinski definition) is 4. The molecule has 5 heteroatoms. The van der Waals surface area contributed by atoms with Crippen molar-refractivity contribution in [1.82, 2.24) is 0 Å². The summed E-state index contributed by atoms with van der Waals surface area (Å²) >= 11 is 2.59. The van der Waals surface area contributed by atoms with Crippen molar-refractivity contribution in [2.45, 2.75) is 61.4 Å². The van der Waals surface area contributed by atoms with Gasteiger partial charge in [-0.3, -0.25) is 0 Å². The van der Waals surface area contributed by atoms with E-state index in [2.05, 4.69) is 44.9 Å². The van der Waals surface area contributed by atoms with Crippen molar-refractivity contribution in [2.24, 2.45) is 0 Å². The molecule has 2 aliphatic heterocycles. The van der Waals surface area contributed by atoms with E-state index in [0.717, 1.165) is 48.9 Å². The van der Waals surface area contributed by atoms with E-state index in [1.165, 1.54) is 61.9 Å². The van der Waals surface area contributed by atoms with Gasteiger partial charge < -0.3 is 19.7 Å². The number of alkyl halides is 1. The number of morpholine rings is 1. The highest BCUT2D eigenvalue weighted by Crippen LogP contribution is 2.38. The van der Waals surface area contributed by atoms with Crippen LogP contribution in [0.1, 0.15) is 50.5 Å². The molecule has 0 unspecified atom stereocenters. The summed E-state index contributed by atoms with van der Waals surface area (Å²) in [7, 11) is 0. The third-order valence-electron chi connectivity index (χ3n) is 5.89. The molecule has 0 radical (unpaired) electrons. The average molecular weight is 470 g/mol. The molecule has 1 N–H and O–H groups in total. The largest absolute Gasteiger partial charge is 0.490 e. The highest BCUT2D eigenvalue weighted by molar-refractivity contribution is 14.1. The van der Waals surface area contributed by atoms with Crippen LogP contribution in [0.2, 0.25) is 0 Å². The van der Waals surface area contributed by atoms with Gasteiger partial charge in [0.2, 0.25) is 0 Å². The van der Waals surface area contributed by atoms with Crippen molar-refractivity contribution in [1.29, 1.82) is 0 Å². The average Bonchev–Trinajstić information content (AvgIpc) is 2.65. The number of rotatable bonds is 3. The second kappa shape index (κ2) is 9.00. The fraction of sp³-hybridized carbons (Fsp3) is 0.714. The Morgan fingerprint density at radius 3 is 2.65 bits per heavy atom. The van der Waals surface area contributed by atoms with E-state index in [-0.39, 0.29) is 0 Å². The standard InChI is InChI=1S/C21H31IN2O2/c22-16-5-7-18(8-6-16)26-21-15-17(24-10-12-25-13-11-24)14-20-19(21)4-2-1-3-9-23-20/h14-16,18,23H,1-13H2. The zero-order valence-corrected chi connectivity index (χ0v) is 17.8. The second-order valence-electron chi connectivity index (χ2n) is 7.80. The van der Waals surface area contributed by atoms with Gasteiger partial charge in [0, 0.05) is 46.6 Å². The SMILES string of the molecule is IC1CCC(Oc2cc(N3CCOCC3)cc3c2CCCCCN3)CC1. The van der Waals surface area contributed by atoms with Gasteiger partial charge in [-0.05, 0) is 51.0 Å². The number of fused-ring (bicyclic) bond motifs is 1. The first-order chi connectivity index (χ1) is 12.8. The van der Waals surface area contributed by atoms with Crippen molar-refractivity contribution >= 4 is 34.0 Å². The Morgan fingerprint density at radius 2 is 1.85 bits per heavy atom. The lowest BCUT2D eigenvalue weighted by molar-refractivity contribution is 0.122. The van der Waals surface area contributed by atoms with Gasteiger partial charge >= 0.3 is 0 Å². The van der Waals surface area contributed by atoms with Crippen molar-refractivity contribution < 1.29 is 9.47 Å². The molecule has 2 fully saturated rings. The summed E-state index contributed by atoms with van der Waals surface area (Å²) in [6.07, 6.45) is 10.3. The molecular weight excluding hydrogens is 439 g/mol. The molecule has 1 saturated heterocycles. The lowest BCUT2D eigenvalue weighted by Gasteiger charge is -2.32. The maximum atomic E-state index is 6.63. The van der Waals surface area contributed by atoms with Crippen LogP contribution in [0.4, 0.5) is 11.4 Å². The van der Waals surface area contributed by atoms with E-state index in [1.807, 2.05) is 0 Å². The van der Waals surface area contributed by atoms with Crippen LogP contribution >= 0.6 is 22.6 Å². The number of nitrogens with zero attached hydrogens (tertiary/aromatic N) is 1. The van der Waals surface area contributed by atoms with Crippen LogP contribution in [0.25, 0.3) is 0 Å². The van der Waals surface area contributed by atoms with Crippen molar-refractivity contribution in [3.05, 3.63) is 17.7 Å². The van der Waals surface area contributed by atoms with Crippen molar-refractivity contribution in [3.8, 4) is 5.75 Å². The summed E-state index contributed by atoms with van der Waals surface area (Å²) in [4.78, 5) is 2.44. The third-order valence-corrected chi connectivity index (χ3v) is 7.13. The maximum absolute atomic E-state index is 6.63. The molecule has 1 aliphatic carbocycles. The fourth-order valence-corrected chi connectivity index (χ4v) is 5.02. The lowest BCUT2D eigenvalue weighted by Crippen LogP contribution is -2.36. The molecule has 0 bridgehead atoms. The first-order valence-corrected chi connectivity index (χ1v) is 11.6. The highest BCUT2D eigenvalue weighted by Gasteiger charge is 2.24. The number of nitrogens with one attached hydrogen (secondary N) is 1. The van der Waals surface area contributed by atoms with Crippen LogP contribution in [0.3, 0.4) is 0 Å².